The number of amides is 1. The van der Waals surface area contributed by atoms with Crippen LogP contribution in [0.3, 0.4) is 0 Å². The van der Waals surface area contributed by atoms with E-state index in [0.717, 1.165) is 33.9 Å². The second-order valence-electron chi connectivity index (χ2n) is 5.82. The zero-order valence-electron chi connectivity index (χ0n) is 13.2. The van der Waals surface area contributed by atoms with Crippen LogP contribution in [0.5, 0.6) is 0 Å². The smallest absolute Gasteiger partial charge is 0.259 e. The molecule has 122 valence electrons. The van der Waals surface area contributed by atoms with E-state index < -0.39 is 0 Å². The van der Waals surface area contributed by atoms with Gasteiger partial charge < -0.3 is 5.32 Å². The third kappa shape index (κ3) is 4.76. The maximum atomic E-state index is 11.9. The van der Waals surface area contributed by atoms with Crippen LogP contribution in [-0.4, -0.2) is 23.1 Å². The number of hydrogen-bond acceptors (Lipinski definition) is 5. The van der Waals surface area contributed by atoms with Gasteiger partial charge in [-0.3, -0.25) is 4.79 Å². The molecule has 1 saturated carbocycles. The minimum absolute atomic E-state index is 0.126. The Morgan fingerprint density at radius 1 is 1.13 bits per heavy atom. The first kappa shape index (κ1) is 15.9. The second-order valence-corrected chi connectivity index (χ2v) is 6.85. The molecule has 2 N–H and O–H groups in total. The Bertz CT molecular complexity index is 652. The van der Waals surface area contributed by atoms with Gasteiger partial charge in [0.1, 0.15) is 0 Å². The van der Waals surface area contributed by atoms with E-state index in [2.05, 4.69) is 20.8 Å². The van der Waals surface area contributed by atoms with Crippen molar-refractivity contribution in [1.82, 2.24) is 10.4 Å². The lowest BCUT2D eigenvalue weighted by molar-refractivity contribution is -0.119. The number of nitrogens with zero attached hydrogens (tertiary/aromatic N) is 2. The summed E-state index contributed by atoms with van der Waals surface area (Å²) >= 11 is 1.55. The molecular formula is C17H22N4OS. The number of anilines is 1. The van der Waals surface area contributed by atoms with Gasteiger partial charge in [0, 0.05) is 5.71 Å². The Labute approximate surface area is 140 Å². The molecule has 6 heteroatoms. The molecule has 1 heterocycles. The molecule has 1 amide bonds. The van der Waals surface area contributed by atoms with Crippen molar-refractivity contribution >= 4 is 38.3 Å². The molecule has 2 aromatic rings. The van der Waals surface area contributed by atoms with Gasteiger partial charge in [0.2, 0.25) is 0 Å². The minimum Gasteiger partial charge on any atom is -0.352 e. The van der Waals surface area contributed by atoms with Crippen LogP contribution in [0, 0.1) is 0 Å². The fraction of sp³-hybridized carbons (Fsp3) is 0.471. The molecule has 0 saturated heterocycles. The zero-order valence-corrected chi connectivity index (χ0v) is 14.0. The lowest BCUT2D eigenvalue weighted by Crippen LogP contribution is -2.27. The van der Waals surface area contributed by atoms with Crippen molar-refractivity contribution in [2.45, 2.75) is 44.9 Å². The second kappa shape index (κ2) is 8.06. The molecule has 1 aliphatic carbocycles. The predicted molar refractivity (Wildman–Crippen MR) is 96.0 cm³/mol. The van der Waals surface area contributed by atoms with E-state index in [-0.39, 0.29) is 12.5 Å². The fourth-order valence-electron chi connectivity index (χ4n) is 2.71. The maximum absolute atomic E-state index is 11.9. The Morgan fingerprint density at radius 3 is 2.65 bits per heavy atom. The molecule has 0 bridgehead atoms. The first-order valence-electron chi connectivity index (χ1n) is 8.25. The largest absolute Gasteiger partial charge is 0.352 e. The average molecular weight is 330 g/mol. The van der Waals surface area contributed by atoms with Crippen molar-refractivity contribution in [2.24, 2.45) is 5.10 Å². The highest BCUT2D eigenvalue weighted by molar-refractivity contribution is 7.22. The highest BCUT2D eigenvalue weighted by Crippen LogP contribution is 2.24. The molecule has 1 aromatic carbocycles. The molecule has 5 nitrogen and oxygen atoms in total. The van der Waals surface area contributed by atoms with Gasteiger partial charge in [0.15, 0.2) is 5.13 Å². The number of nitrogens with one attached hydrogen (secondary N) is 2. The Morgan fingerprint density at radius 2 is 1.87 bits per heavy atom. The quantitative estimate of drug-likeness (QED) is 0.835. The van der Waals surface area contributed by atoms with E-state index in [4.69, 9.17) is 0 Å². The van der Waals surface area contributed by atoms with Crippen LogP contribution in [0.15, 0.2) is 29.4 Å². The number of hydrazone groups is 1. The minimum atomic E-state index is -0.126. The topological polar surface area (TPSA) is 66.4 Å². The van der Waals surface area contributed by atoms with Crippen LogP contribution >= 0.6 is 11.3 Å². The van der Waals surface area contributed by atoms with Crippen LogP contribution in [0.2, 0.25) is 0 Å². The monoisotopic (exact) mass is 330 g/mol. The molecule has 1 fully saturated rings. The standard InChI is InChI=1S/C17H22N4OS/c22-16(21-20-13-8-4-2-1-3-5-9-13)12-18-17-19-14-10-6-7-11-15(14)23-17/h6-7,10-11H,1-5,8-9,12H2,(H,18,19)(H,21,22). The number of carbonyl (C=O) groups excluding carboxylic acids is 1. The molecule has 3 rings (SSSR count). The van der Waals surface area contributed by atoms with Gasteiger partial charge in [-0.05, 0) is 37.8 Å². The first-order chi connectivity index (χ1) is 11.3. The summed E-state index contributed by atoms with van der Waals surface area (Å²) in [6.07, 6.45) is 8.23. The first-order valence-corrected chi connectivity index (χ1v) is 9.06. The van der Waals surface area contributed by atoms with Crippen LogP contribution in [0.1, 0.15) is 44.9 Å². The number of benzene rings is 1. The van der Waals surface area contributed by atoms with E-state index in [9.17, 15) is 4.79 Å². The summed E-state index contributed by atoms with van der Waals surface area (Å²) < 4.78 is 1.12. The van der Waals surface area contributed by atoms with E-state index in [1.165, 1.54) is 32.1 Å². The van der Waals surface area contributed by atoms with Gasteiger partial charge in [-0.25, -0.2) is 10.4 Å². The molecule has 0 aliphatic heterocycles. The number of aromatic nitrogens is 1. The summed E-state index contributed by atoms with van der Waals surface area (Å²) in [7, 11) is 0. The number of para-hydroxylation sites is 1. The third-order valence-electron chi connectivity index (χ3n) is 3.96. The van der Waals surface area contributed by atoms with Crippen molar-refractivity contribution in [2.75, 3.05) is 11.9 Å². The lowest BCUT2D eigenvalue weighted by Gasteiger charge is -2.11. The van der Waals surface area contributed by atoms with Gasteiger partial charge in [0.05, 0.1) is 16.8 Å². The molecule has 0 spiro atoms. The zero-order chi connectivity index (χ0) is 15.9. The Hall–Kier alpha value is -1.95. The molecule has 23 heavy (non-hydrogen) atoms. The Balaban J connectivity index is 1.48. The number of thiazole rings is 1. The van der Waals surface area contributed by atoms with Gasteiger partial charge in [-0.1, -0.05) is 42.7 Å². The average Bonchev–Trinajstić information content (AvgIpc) is 2.95. The molecule has 1 aliphatic rings. The molecule has 0 unspecified atom stereocenters. The summed E-state index contributed by atoms with van der Waals surface area (Å²) in [5.41, 5.74) is 4.74. The summed E-state index contributed by atoms with van der Waals surface area (Å²) in [5.74, 6) is -0.126. The molecule has 0 radical (unpaired) electrons. The third-order valence-corrected chi connectivity index (χ3v) is 4.96. The number of fused-ring (bicyclic) bond motifs is 1. The van der Waals surface area contributed by atoms with E-state index in [1.54, 1.807) is 11.3 Å². The van der Waals surface area contributed by atoms with E-state index in [1.807, 2.05) is 24.3 Å². The summed E-state index contributed by atoms with van der Waals surface area (Å²) in [5, 5.41) is 8.13. The summed E-state index contributed by atoms with van der Waals surface area (Å²) in [6.45, 7) is 0.191. The predicted octanol–water partition coefficient (Wildman–Crippen LogP) is 3.92. The van der Waals surface area contributed by atoms with Crippen molar-refractivity contribution in [3.05, 3.63) is 24.3 Å². The van der Waals surface area contributed by atoms with Gasteiger partial charge >= 0.3 is 0 Å². The van der Waals surface area contributed by atoms with Gasteiger partial charge in [0.25, 0.3) is 5.91 Å². The summed E-state index contributed by atoms with van der Waals surface area (Å²) in [6, 6.07) is 7.95. The number of hydrogen-bond donors (Lipinski definition) is 2. The summed E-state index contributed by atoms with van der Waals surface area (Å²) in [4.78, 5) is 16.4. The van der Waals surface area contributed by atoms with Crippen LogP contribution in [0.4, 0.5) is 5.13 Å². The van der Waals surface area contributed by atoms with Gasteiger partial charge in [-0.2, -0.15) is 5.10 Å². The molecule has 1 aromatic heterocycles. The highest BCUT2D eigenvalue weighted by atomic mass is 32.1. The lowest BCUT2D eigenvalue weighted by atomic mass is 9.99. The van der Waals surface area contributed by atoms with Gasteiger partial charge in [-0.15, -0.1) is 0 Å². The number of rotatable bonds is 4. The molecule has 0 atom stereocenters. The maximum Gasteiger partial charge on any atom is 0.259 e. The van der Waals surface area contributed by atoms with Crippen molar-refractivity contribution in [3.63, 3.8) is 0 Å². The van der Waals surface area contributed by atoms with E-state index >= 15 is 0 Å². The molecular weight excluding hydrogens is 308 g/mol. The van der Waals surface area contributed by atoms with E-state index in [0.29, 0.717) is 0 Å². The number of carbonyl (C=O) groups is 1. The van der Waals surface area contributed by atoms with Crippen molar-refractivity contribution in [3.8, 4) is 0 Å². The van der Waals surface area contributed by atoms with Crippen LogP contribution < -0.4 is 10.7 Å². The normalized spacial score (nSPS) is 15.7. The fourth-order valence-corrected chi connectivity index (χ4v) is 3.57. The van der Waals surface area contributed by atoms with Crippen molar-refractivity contribution < 1.29 is 4.79 Å². The Kier molecular flexibility index (Phi) is 5.58. The van der Waals surface area contributed by atoms with Crippen LogP contribution in [0.25, 0.3) is 10.2 Å². The van der Waals surface area contributed by atoms with Crippen LogP contribution in [-0.2, 0) is 4.79 Å². The van der Waals surface area contributed by atoms with Crippen molar-refractivity contribution in [1.29, 1.82) is 0 Å². The highest BCUT2D eigenvalue weighted by Gasteiger charge is 2.07. The SMILES string of the molecule is O=C(CNc1nc2ccccc2s1)NN=C1CCCCCCC1.